The van der Waals surface area contributed by atoms with Crippen molar-refractivity contribution in [3.05, 3.63) is 72.9 Å². The lowest BCUT2D eigenvalue weighted by atomic mass is 9.99. The summed E-state index contributed by atoms with van der Waals surface area (Å²) in [5.41, 5.74) is 0. The van der Waals surface area contributed by atoms with Crippen LogP contribution in [0.3, 0.4) is 0 Å². The molecule has 0 aromatic heterocycles. The minimum atomic E-state index is -1.03. The molecule has 0 aromatic rings. The Bertz CT molecular complexity index is 1050. The molecule has 322 valence electrons. The van der Waals surface area contributed by atoms with Gasteiger partial charge in [0.1, 0.15) is 19.3 Å². The van der Waals surface area contributed by atoms with E-state index in [0.29, 0.717) is 19.3 Å². The first-order chi connectivity index (χ1) is 27.4. The molecule has 6 heteroatoms. The van der Waals surface area contributed by atoms with E-state index in [2.05, 4.69) is 57.2 Å². The highest BCUT2D eigenvalue weighted by atomic mass is 16.6. The molecule has 0 spiro atoms. The molecular formula is C50H86O6. The molecule has 0 aliphatic heterocycles. The van der Waals surface area contributed by atoms with Gasteiger partial charge in [0.05, 0.1) is 6.10 Å². The van der Waals surface area contributed by atoms with Crippen LogP contribution < -0.4 is 0 Å². The number of allylic oxidation sites excluding steroid dienone is 10. The fraction of sp³-hybridized carbons (Fsp3) is 0.720. The van der Waals surface area contributed by atoms with E-state index in [9.17, 15) is 19.8 Å². The van der Waals surface area contributed by atoms with Crippen molar-refractivity contribution in [1.29, 1.82) is 0 Å². The maximum absolute atomic E-state index is 12.0. The van der Waals surface area contributed by atoms with Crippen molar-refractivity contribution in [2.75, 3.05) is 13.2 Å². The number of rotatable bonds is 40. The van der Waals surface area contributed by atoms with Crippen molar-refractivity contribution in [2.24, 2.45) is 5.92 Å². The zero-order valence-electron chi connectivity index (χ0n) is 36.4. The Balaban J connectivity index is 3.59. The third kappa shape index (κ3) is 42.4. The predicted molar refractivity (Wildman–Crippen MR) is 239 cm³/mol. The van der Waals surface area contributed by atoms with Crippen LogP contribution in [0.4, 0.5) is 0 Å². The van der Waals surface area contributed by atoms with Crippen molar-refractivity contribution in [2.45, 2.75) is 213 Å². The van der Waals surface area contributed by atoms with Gasteiger partial charge in [-0.3, -0.25) is 9.59 Å². The van der Waals surface area contributed by atoms with Crippen LogP contribution in [0, 0.1) is 5.92 Å². The summed E-state index contributed by atoms with van der Waals surface area (Å²) in [7, 11) is 0. The van der Waals surface area contributed by atoms with Gasteiger partial charge >= 0.3 is 11.9 Å². The largest absolute Gasteiger partial charge is 0.463 e. The van der Waals surface area contributed by atoms with Crippen LogP contribution >= 0.6 is 0 Å². The van der Waals surface area contributed by atoms with E-state index in [-0.39, 0.29) is 25.6 Å². The van der Waals surface area contributed by atoms with Crippen molar-refractivity contribution < 1.29 is 29.3 Å². The van der Waals surface area contributed by atoms with Crippen molar-refractivity contribution in [1.82, 2.24) is 0 Å². The second kappa shape index (κ2) is 43.4. The molecule has 0 saturated carbocycles. The first-order valence-corrected chi connectivity index (χ1v) is 23.0. The number of unbranched alkanes of at least 4 members (excludes halogenated alkanes) is 17. The molecule has 0 radical (unpaired) electrons. The van der Waals surface area contributed by atoms with Gasteiger partial charge in [-0.1, -0.05) is 216 Å². The second-order valence-electron chi connectivity index (χ2n) is 15.6. The standard InChI is InChI=1S/C50H86O6/c1-4-6-7-8-9-10-11-18-22-25-28-31-35-40-47(51)41-36-33-38-43-50(54)56-45-48(52)44-55-49(53)42-37-32-29-26-23-20-17-15-13-12-14-16-19-21-24-27-30-34-39-46(3)5-2/h6-7,9-10,18,22,28,31,33,35-36,40,46-48,51-52H,4-5,8,11-17,19-21,23-27,29-30,32,34,37-39,41-45H2,1-3H3/b7-6-,10-9-,22-18-,31-28-,36-33-,40-35-/t46?,47?,48-/m1/s1. The predicted octanol–water partition coefficient (Wildman–Crippen LogP) is 13.7. The van der Waals surface area contributed by atoms with E-state index in [1.54, 1.807) is 6.08 Å². The van der Waals surface area contributed by atoms with Crippen LogP contribution in [0.5, 0.6) is 0 Å². The molecular weight excluding hydrogens is 697 g/mol. The third-order valence-electron chi connectivity index (χ3n) is 10.1. The van der Waals surface area contributed by atoms with Crippen LogP contribution in [-0.2, 0) is 19.1 Å². The highest BCUT2D eigenvalue weighted by molar-refractivity contribution is 5.70. The average molecular weight is 783 g/mol. The number of esters is 2. The molecule has 0 aliphatic carbocycles. The number of hydrogen-bond donors (Lipinski definition) is 2. The van der Waals surface area contributed by atoms with E-state index >= 15 is 0 Å². The fourth-order valence-corrected chi connectivity index (χ4v) is 6.23. The molecule has 3 atom stereocenters. The maximum atomic E-state index is 12.0. The molecule has 0 bridgehead atoms. The average Bonchev–Trinajstić information content (AvgIpc) is 3.19. The first-order valence-electron chi connectivity index (χ1n) is 23.0. The van der Waals surface area contributed by atoms with Crippen LogP contribution in [0.15, 0.2) is 72.9 Å². The number of carbonyl (C=O) groups is 2. The quantitative estimate of drug-likeness (QED) is 0.0278. The van der Waals surface area contributed by atoms with Crippen LogP contribution in [-0.4, -0.2) is 47.6 Å². The summed E-state index contributed by atoms with van der Waals surface area (Å²) in [5.74, 6) is 0.169. The topological polar surface area (TPSA) is 93.1 Å². The van der Waals surface area contributed by atoms with Gasteiger partial charge in [-0.15, -0.1) is 0 Å². The summed E-state index contributed by atoms with van der Waals surface area (Å²) in [6.45, 7) is 6.44. The fourth-order valence-electron chi connectivity index (χ4n) is 6.23. The van der Waals surface area contributed by atoms with E-state index in [1.807, 2.05) is 30.4 Å². The maximum Gasteiger partial charge on any atom is 0.306 e. The van der Waals surface area contributed by atoms with Gasteiger partial charge in [-0.25, -0.2) is 0 Å². The normalized spacial score (nSPS) is 14.0. The highest BCUT2D eigenvalue weighted by Crippen LogP contribution is 2.17. The molecule has 0 aliphatic rings. The second-order valence-corrected chi connectivity index (χ2v) is 15.6. The number of ether oxygens (including phenoxy) is 2. The van der Waals surface area contributed by atoms with Gasteiger partial charge in [0.25, 0.3) is 0 Å². The number of aliphatic hydroxyl groups is 2. The Hall–Kier alpha value is -2.70. The summed E-state index contributed by atoms with van der Waals surface area (Å²) in [6, 6.07) is 0. The molecule has 0 fully saturated rings. The smallest absolute Gasteiger partial charge is 0.306 e. The lowest BCUT2D eigenvalue weighted by molar-refractivity contribution is -0.152. The number of aliphatic hydroxyl groups excluding tert-OH is 2. The Morgan fingerprint density at radius 2 is 0.964 bits per heavy atom. The summed E-state index contributed by atoms with van der Waals surface area (Å²) in [5, 5.41) is 20.1. The van der Waals surface area contributed by atoms with Gasteiger partial charge in [0.2, 0.25) is 0 Å². The van der Waals surface area contributed by atoms with Crippen LogP contribution in [0.25, 0.3) is 0 Å². The monoisotopic (exact) mass is 783 g/mol. The molecule has 0 heterocycles. The Labute approximate surface area is 345 Å². The third-order valence-corrected chi connectivity index (χ3v) is 10.1. The van der Waals surface area contributed by atoms with Gasteiger partial charge in [-0.2, -0.15) is 0 Å². The van der Waals surface area contributed by atoms with E-state index in [4.69, 9.17) is 9.47 Å². The Morgan fingerprint density at radius 3 is 1.46 bits per heavy atom. The minimum Gasteiger partial charge on any atom is -0.463 e. The van der Waals surface area contributed by atoms with Crippen molar-refractivity contribution in [3.8, 4) is 0 Å². The molecule has 0 aromatic carbocycles. The zero-order chi connectivity index (χ0) is 41.0. The molecule has 0 saturated heterocycles. The van der Waals surface area contributed by atoms with Crippen molar-refractivity contribution >= 4 is 11.9 Å². The van der Waals surface area contributed by atoms with Gasteiger partial charge in [-0.05, 0) is 50.9 Å². The van der Waals surface area contributed by atoms with Crippen LogP contribution in [0.1, 0.15) is 201 Å². The van der Waals surface area contributed by atoms with E-state index < -0.39 is 18.2 Å². The molecule has 0 amide bonds. The van der Waals surface area contributed by atoms with Gasteiger partial charge in [0, 0.05) is 12.8 Å². The molecule has 56 heavy (non-hydrogen) atoms. The van der Waals surface area contributed by atoms with Crippen molar-refractivity contribution in [3.63, 3.8) is 0 Å². The lowest BCUT2D eigenvalue weighted by Crippen LogP contribution is -2.25. The summed E-state index contributed by atoms with van der Waals surface area (Å²) in [4.78, 5) is 24.0. The van der Waals surface area contributed by atoms with E-state index in [0.717, 1.165) is 50.9 Å². The van der Waals surface area contributed by atoms with Crippen LogP contribution in [0.2, 0.25) is 0 Å². The van der Waals surface area contributed by atoms with E-state index in [1.165, 1.54) is 109 Å². The molecule has 2 N–H and O–H groups in total. The molecule has 0 rings (SSSR count). The number of hydrogen-bond acceptors (Lipinski definition) is 6. The van der Waals surface area contributed by atoms with Gasteiger partial charge < -0.3 is 19.7 Å². The SMILES string of the molecule is CC/C=C\C/C=C\C/C=C\C/C=C\C=C/C(O)C/C=C\CCC(=O)OC[C@H](O)COC(=O)CCCCCCCCCCCCCCCCCCCCC(C)CC. The summed E-state index contributed by atoms with van der Waals surface area (Å²) >= 11 is 0. The van der Waals surface area contributed by atoms with Gasteiger partial charge in [0.15, 0.2) is 0 Å². The zero-order valence-corrected chi connectivity index (χ0v) is 36.4. The molecule has 6 nitrogen and oxygen atoms in total. The minimum absolute atomic E-state index is 0.170. The Morgan fingerprint density at radius 1 is 0.518 bits per heavy atom. The first kappa shape index (κ1) is 53.3. The lowest BCUT2D eigenvalue weighted by Gasteiger charge is -2.12. The highest BCUT2D eigenvalue weighted by Gasteiger charge is 2.12. The number of carbonyl (C=O) groups excluding carboxylic acids is 2. The summed E-state index contributed by atoms with van der Waals surface area (Å²) in [6.07, 6.45) is 54.3. The molecule has 2 unspecified atom stereocenters. The Kier molecular flexibility index (Phi) is 41.3. The summed E-state index contributed by atoms with van der Waals surface area (Å²) < 4.78 is 10.3.